The van der Waals surface area contributed by atoms with Crippen LogP contribution in [0.2, 0.25) is 10.0 Å². The lowest BCUT2D eigenvalue weighted by molar-refractivity contribution is 0.102. The van der Waals surface area contributed by atoms with E-state index < -0.39 is 0 Å². The van der Waals surface area contributed by atoms with Crippen molar-refractivity contribution in [3.05, 3.63) is 87.9 Å². The van der Waals surface area contributed by atoms with Crippen LogP contribution in [0.5, 0.6) is 0 Å². The van der Waals surface area contributed by atoms with Crippen molar-refractivity contribution in [2.45, 2.75) is 16.7 Å². The van der Waals surface area contributed by atoms with E-state index >= 15 is 0 Å². The van der Waals surface area contributed by atoms with Crippen molar-refractivity contribution >= 4 is 46.6 Å². The van der Waals surface area contributed by atoms with Crippen molar-refractivity contribution < 1.29 is 4.79 Å². The monoisotopic (exact) mass is 387 g/mol. The largest absolute Gasteiger partial charge is 0.322 e. The maximum absolute atomic E-state index is 12.3. The average molecular weight is 388 g/mol. The molecule has 1 N–H and O–H groups in total. The summed E-state index contributed by atoms with van der Waals surface area (Å²) >= 11 is 13.5. The molecule has 0 radical (unpaired) electrons. The number of aryl methyl sites for hydroxylation is 1. The zero-order valence-corrected chi connectivity index (χ0v) is 15.8. The fourth-order valence-corrected chi connectivity index (χ4v) is 3.30. The average Bonchev–Trinajstić information content (AvgIpc) is 2.61. The minimum Gasteiger partial charge on any atom is -0.322 e. The normalized spacial score (nSPS) is 10.5. The highest BCUT2D eigenvalue weighted by Gasteiger charge is 2.08. The summed E-state index contributed by atoms with van der Waals surface area (Å²) in [5.74, 6) is -0.225. The number of hydrogen-bond acceptors (Lipinski definition) is 2. The zero-order valence-electron chi connectivity index (χ0n) is 13.4. The van der Waals surface area contributed by atoms with E-state index in [4.69, 9.17) is 23.2 Å². The molecule has 0 heterocycles. The lowest BCUT2D eigenvalue weighted by atomic mass is 10.2. The van der Waals surface area contributed by atoms with Gasteiger partial charge in [0.15, 0.2) is 0 Å². The van der Waals surface area contributed by atoms with Gasteiger partial charge in [0, 0.05) is 21.0 Å². The molecule has 0 aromatic heterocycles. The Bertz CT molecular complexity index is 893. The molecule has 0 aliphatic rings. The number of rotatable bonds is 4. The Morgan fingerprint density at radius 1 is 0.840 bits per heavy atom. The summed E-state index contributed by atoms with van der Waals surface area (Å²) in [6.45, 7) is 2.07. The molecular formula is C20H15Cl2NOS. The minimum atomic E-state index is -0.225. The summed E-state index contributed by atoms with van der Waals surface area (Å²) in [4.78, 5) is 14.6. The summed E-state index contributed by atoms with van der Waals surface area (Å²) < 4.78 is 0. The molecule has 0 saturated heterocycles. The first kappa shape index (κ1) is 17.9. The van der Waals surface area contributed by atoms with Gasteiger partial charge in [-0.2, -0.15) is 0 Å². The van der Waals surface area contributed by atoms with Crippen LogP contribution in [0.15, 0.2) is 76.5 Å². The summed E-state index contributed by atoms with van der Waals surface area (Å²) in [6.07, 6.45) is 0. The topological polar surface area (TPSA) is 29.1 Å². The van der Waals surface area contributed by atoms with Gasteiger partial charge < -0.3 is 5.32 Å². The van der Waals surface area contributed by atoms with Gasteiger partial charge in [0.05, 0.1) is 10.0 Å². The Morgan fingerprint density at radius 3 is 2.04 bits per heavy atom. The number of anilines is 1. The first-order chi connectivity index (χ1) is 12.0. The molecule has 1 amide bonds. The van der Waals surface area contributed by atoms with Gasteiger partial charge in [-0.25, -0.2) is 0 Å². The third-order valence-electron chi connectivity index (χ3n) is 3.55. The van der Waals surface area contributed by atoms with Crippen LogP contribution < -0.4 is 5.32 Å². The Balaban J connectivity index is 1.66. The summed E-state index contributed by atoms with van der Waals surface area (Å²) in [6, 6.07) is 20.9. The predicted molar refractivity (Wildman–Crippen MR) is 106 cm³/mol. The smallest absolute Gasteiger partial charge is 0.255 e. The number of carbonyl (C=O) groups is 1. The molecule has 5 heteroatoms. The van der Waals surface area contributed by atoms with Crippen LogP contribution in [0.4, 0.5) is 5.69 Å². The second kappa shape index (κ2) is 7.96. The first-order valence-electron chi connectivity index (χ1n) is 7.62. The number of benzene rings is 3. The molecule has 3 aromatic rings. The van der Waals surface area contributed by atoms with E-state index in [2.05, 4.69) is 36.5 Å². The number of carbonyl (C=O) groups excluding carboxylic acids is 1. The van der Waals surface area contributed by atoms with Gasteiger partial charge in [-0.3, -0.25) is 4.79 Å². The second-order valence-electron chi connectivity index (χ2n) is 5.52. The molecular weight excluding hydrogens is 373 g/mol. The molecule has 126 valence electrons. The number of hydrogen-bond donors (Lipinski definition) is 1. The highest BCUT2D eigenvalue weighted by molar-refractivity contribution is 7.99. The first-order valence-corrected chi connectivity index (χ1v) is 9.19. The van der Waals surface area contributed by atoms with E-state index in [-0.39, 0.29) is 5.91 Å². The van der Waals surface area contributed by atoms with E-state index in [0.29, 0.717) is 15.6 Å². The highest BCUT2D eigenvalue weighted by atomic mass is 35.5. The van der Waals surface area contributed by atoms with Crippen LogP contribution in [0.25, 0.3) is 0 Å². The van der Waals surface area contributed by atoms with Crippen molar-refractivity contribution in [1.29, 1.82) is 0 Å². The Kier molecular flexibility index (Phi) is 5.69. The maximum atomic E-state index is 12.3. The highest BCUT2D eigenvalue weighted by Crippen LogP contribution is 2.29. The van der Waals surface area contributed by atoms with Crippen LogP contribution in [-0.4, -0.2) is 5.91 Å². The summed E-state index contributed by atoms with van der Waals surface area (Å²) in [5.41, 5.74) is 2.43. The number of amides is 1. The van der Waals surface area contributed by atoms with Crippen LogP contribution in [-0.2, 0) is 0 Å². The molecule has 0 fully saturated rings. The molecule has 0 saturated carbocycles. The molecule has 3 aromatic carbocycles. The summed E-state index contributed by atoms with van der Waals surface area (Å²) in [5, 5.41) is 3.64. The minimum absolute atomic E-state index is 0.225. The SMILES string of the molecule is Cc1ccc(Sc2ccc(NC(=O)c3ccc(Cl)c(Cl)c3)cc2)cc1. The Hall–Kier alpha value is -1.94. The van der Waals surface area contributed by atoms with Crippen LogP contribution in [0, 0.1) is 6.92 Å². The van der Waals surface area contributed by atoms with E-state index in [9.17, 15) is 4.79 Å². The quantitative estimate of drug-likeness (QED) is 0.538. The molecule has 0 aliphatic heterocycles. The lowest BCUT2D eigenvalue weighted by Gasteiger charge is -2.07. The van der Waals surface area contributed by atoms with E-state index in [1.54, 1.807) is 30.0 Å². The molecule has 3 rings (SSSR count). The Labute approximate surface area is 161 Å². The van der Waals surface area contributed by atoms with Gasteiger partial charge in [-0.1, -0.05) is 52.7 Å². The molecule has 0 bridgehead atoms. The van der Waals surface area contributed by atoms with Crippen molar-refractivity contribution in [3.8, 4) is 0 Å². The van der Waals surface area contributed by atoms with Gasteiger partial charge in [-0.15, -0.1) is 0 Å². The van der Waals surface area contributed by atoms with Crippen LogP contribution in [0.3, 0.4) is 0 Å². The van der Waals surface area contributed by atoms with Gasteiger partial charge in [-0.05, 0) is 61.5 Å². The van der Waals surface area contributed by atoms with E-state index in [0.717, 1.165) is 10.6 Å². The third-order valence-corrected chi connectivity index (χ3v) is 5.31. The molecule has 0 atom stereocenters. The molecule has 0 unspecified atom stereocenters. The van der Waals surface area contributed by atoms with Gasteiger partial charge in [0.2, 0.25) is 0 Å². The molecule has 2 nitrogen and oxygen atoms in total. The van der Waals surface area contributed by atoms with Crippen molar-refractivity contribution in [2.24, 2.45) is 0 Å². The van der Waals surface area contributed by atoms with Crippen LogP contribution >= 0.6 is 35.0 Å². The second-order valence-corrected chi connectivity index (χ2v) is 7.48. The number of halogens is 2. The fourth-order valence-electron chi connectivity index (χ4n) is 2.19. The maximum Gasteiger partial charge on any atom is 0.255 e. The van der Waals surface area contributed by atoms with Crippen LogP contribution in [0.1, 0.15) is 15.9 Å². The molecule has 0 aliphatic carbocycles. The van der Waals surface area contributed by atoms with Crippen molar-refractivity contribution in [3.63, 3.8) is 0 Å². The Morgan fingerprint density at radius 2 is 1.44 bits per heavy atom. The fraction of sp³-hybridized carbons (Fsp3) is 0.0500. The predicted octanol–water partition coefficient (Wildman–Crippen LogP) is 6.71. The van der Waals surface area contributed by atoms with Crippen molar-refractivity contribution in [2.75, 3.05) is 5.32 Å². The third kappa shape index (κ3) is 4.79. The van der Waals surface area contributed by atoms with Gasteiger partial charge in [0.1, 0.15) is 0 Å². The summed E-state index contributed by atoms with van der Waals surface area (Å²) in [7, 11) is 0. The van der Waals surface area contributed by atoms with E-state index in [1.165, 1.54) is 10.5 Å². The lowest BCUT2D eigenvalue weighted by Crippen LogP contribution is -2.11. The number of nitrogens with one attached hydrogen (secondary N) is 1. The molecule has 0 spiro atoms. The standard InChI is InChI=1S/C20H15Cl2NOS/c1-13-2-7-16(8-3-13)25-17-9-5-15(6-10-17)23-20(24)14-4-11-18(21)19(22)12-14/h2-12H,1H3,(H,23,24). The van der Waals surface area contributed by atoms with Gasteiger partial charge >= 0.3 is 0 Å². The van der Waals surface area contributed by atoms with Crippen molar-refractivity contribution in [1.82, 2.24) is 0 Å². The molecule has 25 heavy (non-hydrogen) atoms. The van der Waals surface area contributed by atoms with Gasteiger partial charge in [0.25, 0.3) is 5.91 Å². The zero-order chi connectivity index (χ0) is 17.8. The van der Waals surface area contributed by atoms with E-state index in [1.807, 2.05) is 24.3 Å².